The molecule has 2 fully saturated rings. The monoisotopic (exact) mass is 547 g/mol. The highest BCUT2D eigenvalue weighted by atomic mass is 16.5. The summed E-state index contributed by atoms with van der Waals surface area (Å²) in [7, 11) is 0. The molecule has 2 aliphatic rings. The second-order valence-electron chi connectivity index (χ2n) is 10.6. The van der Waals surface area contributed by atoms with Crippen LogP contribution < -0.4 is 15.4 Å². The Bertz CT molecular complexity index is 1370. The molecule has 2 saturated heterocycles. The number of hydrogen-bond donors (Lipinski definition) is 2. The fourth-order valence-electron chi connectivity index (χ4n) is 5.10. The first kappa shape index (κ1) is 27.6. The van der Waals surface area contributed by atoms with Gasteiger partial charge in [-0.3, -0.25) is 9.59 Å². The van der Waals surface area contributed by atoms with Gasteiger partial charge >= 0.3 is 6.01 Å². The fourth-order valence-corrected chi connectivity index (χ4v) is 5.10. The van der Waals surface area contributed by atoms with Gasteiger partial charge in [0.25, 0.3) is 0 Å². The van der Waals surface area contributed by atoms with Crippen molar-refractivity contribution in [1.82, 2.24) is 24.5 Å². The fraction of sp³-hybridized carbons (Fsp3) is 0.483. The number of ether oxygens (including phenoxy) is 2. The van der Waals surface area contributed by atoms with Gasteiger partial charge in [-0.25, -0.2) is 0 Å². The van der Waals surface area contributed by atoms with Crippen LogP contribution in [0.1, 0.15) is 56.6 Å². The van der Waals surface area contributed by atoms with Crippen molar-refractivity contribution < 1.29 is 19.1 Å². The van der Waals surface area contributed by atoms with Crippen LogP contribution in [0.4, 0.5) is 11.6 Å². The number of hydrogen-bond acceptors (Lipinski definition) is 8. The Labute approximate surface area is 234 Å². The predicted molar refractivity (Wildman–Crippen MR) is 151 cm³/mol. The molecule has 40 heavy (non-hydrogen) atoms. The maximum Gasteiger partial charge on any atom is 0.322 e. The molecule has 212 valence electrons. The highest BCUT2D eigenvalue weighted by Crippen LogP contribution is 2.25. The number of amides is 2. The summed E-state index contributed by atoms with van der Waals surface area (Å²) >= 11 is 0. The summed E-state index contributed by atoms with van der Waals surface area (Å²) in [5.74, 6) is 0.295. The van der Waals surface area contributed by atoms with Crippen LogP contribution in [-0.4, -0.2) is 68.7 Å². The van der Waals surface area contributed by atoms with Crippen molar-refractivity contribution in [2.24, 2.45) is 5.92 Å². The van der Waals surface area contributed by atoms with Gasteiger partial charge in [-0.2, -0.15) is 19.6 Å². The largest absolute Gasteiger partial charge is 0.460 e. The van der Waals surface area contributed by atoms with E-state index < -0.39 is 0 Å². The van der Waals surface area contributed by atoms with Crippen molar-refractivity contribution >= 4 is 29.1 Å². The molecule has 2 aliphatic heterocycles. The summed E-state index contributed by atoms with van der Waals surface area (Å²) in [6, 6.07) is 8.00. The lowest BCUT2D eigenvalue weighted by molar-refractivity contribution is -0.130. The van der Waals surface area contributed by atoms with E-state index in [0.29, 0.717) is 56.1 Å². The van der Waals surface area contributed by atoms with Crippen molar-refractivity contribution in [2.45, 2.75) is 58.1 Å². The smallest absolute Gasteiger partial charge is 0.322 e. The number of carbonyl (C=O) groups is 2. The molecule has 3 aromatic rings. The molecule has 1 atom stereocenters. The number of nitrogens with zero attached hydrogens (tertiary/aromatic N) is 5. The minimum Gasteiger partial charge on any atom is -0.460 e. The lowest BCUT2D eigenvalue weighted by Crippen LogP contribution is -2.43. The Morgan fingerprint density at radius 3 is 2.83 bits per heavy atom. The minimum absolute atomic E-state index is 0.0147. The summed E-state index contributed by atoms with van der Waals surface area (Å²) in [6.07, 6.45) is 6.28. The van der Waals surface area contributed by atoms with E-state index in [-0.39, 0.29) is 29.8 Å². The highest BCUT2D eigenvalue weighted by Gasteiger charge is 2.27. The number of nitrogens with one attached hydrogen (secondary N) is 2. The van der Waals surface area contributed by atoms with E-state index in [1.807, 2.05) is 30.5 Å². The van der Waals surface area contributed by atoms with Crippen LogP contribution >= 0.6 is 0 Å². The molecule has 11 heteroatoms. The maximum absolute atomic E-state index is 13.0. The van der Waals surface area contributed by atoms with E-state index in [1.54, 1.807) is 9.42 Å². The molecule has 0 spiro atoms. The number of benzene rings is 1. The molecular weight excluding hydrogens is 510 g/mol. The highest BCUT2D eigenvalue weighted by molar-refractivity contribution is 5.94. The second kappa shape index (κ2) is 12.5. The molecule has 1 unspecified atom stereocenters. The first-order valence-corrected chi connectivity index (χ1v) is 14.0. The van der Waals surface area contributed by atoms with Crippen molar-refractivity contribution in [1.29, 1.82) is 0 Å². The number of piperidine rings is 1. The lowest BCUT2D eigenvalue weighted by Gasteiger charge is -2.31. The van der Waals surface area contributed by atoms with Crippen LogP contribution in [-0.2, 0) is 20.9 Å². The number of fused-ring (bicyclic) bond motifs is 1. The quantitative estimate of drug-likeness (QED) is 0.388. The Balaban J connectivity index is 1.29. The van der Waals surface area contributed by atoms with Gasteiger partial charge in [-0.05, 0) is 42.5 Å². The molecule has 4 heterocycles. The van der Waals surface area contributed by atoms with Crippen molar-refractivity contribution in [3.63, 3.8) is 0 Å². The molecular formula is C29H37N7O4. The topological polar surface area (TPSA) is 123 Å². The van der Waals surface area contributed by atoms with Gasteiger partial charge in [0.1, 0.15) is 6.10 Å². The van der Waals surface area contributed by atoms with Gasteiger partial charge in [0.05, 0.1) is 25.3 Å². The molecule has 0 saturated carbocycles. The summed E-state index contributed by atoms with van der Waals surface area (Å²) < 4.78 is 13.3. The Kier molecular flexibility index (Phi) is 8.59. The van der Waals surface area contributed by atoms with Crippen LogP contribution in [0.15, 0.2) is 43.1 Å². The van der Waals surface area contributed by atoms with E-state index in [1.165, 1.54) is 6.08 Å². The normalized spacial score (nSPS) is 18.1. The first-order valence-electron chi connectivity index (χ1n) is 14.0. The summed E-state index contributed by atoms with van der Waals surface area (Å²) in [5.41, 5.74) is 3.39. The minimum atomic E-state index is -0.252. The number of anilines is 2. The van der Waals surface area contributed by atoms with E-state index in [2.05, 4.69) is 46.1 Å². The molecule has 0 radical (unpaired) electrons. The van der Waals surface area contributed by atoms with Gasteiger partial charge in [0.15, 0.2) is 5.65 Å². The van der Waals surface area contributed by atoms with Gasteiger partial charge in [0.2, 0.25) is 17.8 Å². The third-order valence-corrected chi connectivity index (χ3v) is 7.36. The molecule has 1 aromatic carbocycles. The molecule has 2 amide bonds. The van der Waals surface area contributed by atoms with Gasteiger partial charge in [0, 0.05) is 43.7 Å². The SMILES string of the molecule is C=CC(=O)N1CCCC(C(=O)Nc2cccc(CNc3nc(OC4CCOCC4)nc4c(C(C)C)cnn34)c2)C1. The zero-order valence-electron chi connectivity index (χ0n) is 23.1. The van der Waals surface area contributed by atoms with Crippen LogP contribution in [0.5, 0.6) is 6.01 Å². The third kappa shape index (κ3) is 6.41. The van der Waals surface area contributed by atoms with Crippen LogP contribution in [0, 0.1) is 5.92 Å². The van der Waals surface area contributed by atoms with Gasteiger partial charge in [-0.15, -0.1) is 0 Å². The van der Waals surface area contributed by atoms with Crippen molar-refractivity contribution in [3.8, 4) is 6.01 Å². The Morgan fingerprint density at radius 2 is 2.05 bits per heavy atom. The summed E-state index contributed by atoms with van der Waals surface area (Å²) in [6.45, 7) is 10.6. The predicted octanol–water partition coefficient (Wildman–Crippen LogP) is 3.78. The molecule has 2 aromatic heterocycles. The molecule has 0 aliphatic carbocycles. The average Bonchev–Trinajstić information content (AvgIpc) is 3.41. The summed E-state index contributed by atoms with van der Waals surface area (Å²) in [5, 5.41) is 10.9. The summed E-state index contributed by atoms with van der Waals surface area (Å²) in [4.78, 5) is 36.0. The van der Waals surface area contributed by atoms with Crippen LogP contribution in [0.2, 0.25) is 0 Å². The van der Waals surface area contributed by atoms with Crippen LogP contribution in [0.3, 0.4) is 0 Å². The number of rotatable bonds is 9. The molecule has 11 nitrogen and oxygen atoms in total. The molecule has 2 N–H and O–H groups in total. The van der Waals surface area contributed by atoms with E-state index in [9.17, 15) is 9.59 Å². The Morgan fingerprint density at radius 1 is 1.23 bits per heavy atom. The zero-order valence-corrected chi connectivity index (χ0v) is 23.1. The maximum atomic E-state index is 13.0. The lowest BCUT2D eigenvalue weighted by atomic mass is 9.97. The molecule has 0 bridgehead atoms. The average molecular weight is 548 g/mol. The van der Waals surface area contributed by atoms with E-state index in [0.717, 1.165) is 36.8 Å². The number of aromatic nitrogens is 4. The zero-order chi connectivity index (χ0) is 28.1. The van der Waals surface area contributed by atoms with Gasteiger partial charge < -0.3 is 25.0 Å². The third-order valence-electron chi connectivity index (χ3n) is 7.36. The number of carbonyl (C=O) groups excluding carboxylic acids is 2. The van der Waals surface area contributed by atoms with Crippen molar-refractivity contribution in [2.75, 3.05) is 36.9 Å². The van der Waals surface area contributed by atoms with E-state index in [4.69, 9.17) is 9.47 Å². The van der Waals surface area contributed by atoms with Gasteiger partial charge in [-0.1, -0.05) is 32.6 Å². The van der Waals surface area contributed by atoms with E-state index >= 15 is 0 Å². The number of likely N-dealkylation sites (tertiary alicyclic amines) is 1. The first-order chi connectivity index (χ1) is 19.4. The second-order valence-corrected chi connectivity index (χ2v) is 10.6. The van der Waals surface area contributed by atoms with Crippen molar-refractivity contribution in [3.05, 3.63) is 54.2 Å². The standard InChI is InChI=1S/C29H37N7O4/c1-4-25(37)35-12-6-8-21(18-35)27(38)32-22-9-5-7-20(15-22)16-30-28-34-29(40-23-10-13-39-14-11-23)33-26-24(19(2)3)17-31-36(26)28/h4-5,7,9,15,17,19,21,23H,1,6,8,10-14,16,18H2,2-3H3,(H,32,38)(H,30,33,34). The van der Waals surface area contributed by atoms with Crippen LogP contribution in [0.25, 0.3) is 5.65 Å². The molecule has 5 rings (SSSR count). The Hall–Kier alpha value is -3.99.